The number of benzene rings is 1. The summed E-state index contributed by atoms with van der Waals surface area (Å²) in [6.45, 7) is 7.50. The highest BCUT2D eigenvalue weighted by Crippen LogP contribution is 2.25. The number of ether oxygens (including phenoxy) is 2. The Labute approximate surface area is 147 Å². The van der Waals surface area contributed by atoms with Crippen molar-refractivity contribution in [3.8, 4) is 0 Å². The number of nitrogens with one attached hydrogen (secondary N) is 1. The molecule has 1 aliphatic heterocycles. The highest BCUT2D eigenvalue weighted by Gasteiger charge is 2.31. The number of nitro groups is 1. The molecule has 1 fully saturated rings. The molecule has 2 rings (SSSR count). The fourth-order valence-corrected chi connectivity index (χ4v) is 2.79. The van der Waals surface area contributed by atoms with E-state index >= 15 is 0 Å². The number of carbonyl (C=O) groups is 1. The first-order valence-electron chi connectivity index (χ1n) is 8.22. The highest BCUT2D eigenvalue weighted by molar-refractivity contribution is 5.98. The average molecular weight is 351 g/mol. The Morgan fingerprint density at radius 3 is 2.88 bits per heavy atom. The van der Waals surface area contributed by atoms with Crippen LogP contribution in [-0.4, -0.2) is 61.3 Å². The summed E-state index contributed by atoms with van der Waals surface area (Å²) in [5, 5.41) is 13.9. The lowest BCUT2D eigenvalue weighted by Crippen LogP contribution is -2.52. The minimum atomic E-state index is -0.534. The summed E-state index contributed by atoms with van der Waals surface area (Å²) in [6.07, 6.45) is 0. The van der Waals surface area contributed by atoms with Gasteiger partial charge in [-0.2, -0.15) is 0 Å². The summed E-state index contributed by atoms with van der Waals surface area (Å²) in [5.41, 5.74) is 0.614. The van der Waals surface area contributed by atoms with E-state index in [2.05, 4.69) is 24.1 Å². The van der Waals surface area contributed by atoms with Crippen LogP contribution in [0.25, 0.3) is 0 Å². The fourth-order valence-electron chi connectivity index (χ4n) is 2.79. The quantitative estimate of drug-likeness (QED) is 0.455. The first kappa shape index (κ1) is 19.3. The summed E-state index contributed by atoms with van der Waals surface area (Å²) in [6, 6.07) is 4.70. The normalized spacial score (nSPS) is 17.2. The zero-order valence-electron chi connectivity index (χ0n) is 14.9. The number of hydrogen-bond acceptors (Lipinski definition) is 6. The number of morpholine rings is 1. The van der Waals surface area contributed by atoms with Gasteiger partial charge in [0.2, 0.25) is 0 Å². The number of nitro benzene ring substituents is 1. The van der Waals surface area contributed by atoms with Crippen molar-refractivity contribution >= 4 is 11.6 Å². The van der Waals surface area contributed by atoms with Crippen LogP contribution in [-0.2, 0) is 16.0 Å². The average Bonchev–Trinajstić information content (AvgIpc) is 2.56. The highest BCUT2D eigenvalue weighted by atomic mass is 16.6. The van der Waals surface area contributed by atoms with Crippen LogP contribution < -0.4 is 5.32 Å². The van der Waals surface area contributed by atoms with E-state index in [4.69, 9.17) is 9.47 Å². The van der Waals surface area contributed by atoms with Crippen LogP contribution in [0.1, 0.15) is 29.8 Å². The maximum atomic E-state index is 12.3. The van der Waals surface area contributed by atoms with Gasteiger partial charge in [0.1, 0.15) is 5.56 Å². The van der Waals surface area contributed by atoms with Crippen molar-refractivity contribution in [1.82, 2.24) is 10.2 Å². The van der Waals surface area contributed by atoms with Crippen LogP contribution in [0.2, 0.25) is 0 Å². The Morgan fingerprint density at radius 2 is 2.24 bits per heavy atom. The van der Waals surface area contributed by atoms with Crippen LogP contribution in [0.4, 0.5) is 5.69 Å². The third-order valence-electron chi connectivity index (χ3n) is 4.28. The van der Waals surface area contributed by atoms with Gasteiger partial charge in [0.15, 0.2) is 0 Å². The standard InChI is InChI=1S/C17H25N3O5/c1-17(2)12-25-9-7-19(17)11-13-4-5-15(20(22)23)14(10-13)16(21)18-6-8-24-3/h4-5,10H,6-9,11-12H2,1-3H3,(H,18,21). The molecule has 8 heteroatoms. The zero-order chi connectivity index (χ0) is 18.4. The molecule has 0 unspecified atom stereocenters. The van der Waals surface area contributed by atoms with E-state index in [1.54, 1.807) is 12.1 Å². The molecule has 25 heavy (non-hydrogen) atoms. The largest absolute Gasteiger partial charge is 0.383 e. The molecule has 1 heterocycles. The third-order valence-corrected chi connectivity index (χ3v) is 4.28. The molecule has 1 saturated heterocycles. The lowest BCUT2D eigenvalue weighted by atomic mass is 10.0. The van der Waals surface area contributed by atoms with E-state index in [0.29, 0.717) is 32.9 Å². The molecule has 0 aliphatic carbocycles. The minimum absolute atomic E-state index is 0.0738. The first-order chi connectivity index (χ1) is 11.8. The van der Waals surface area contributed by atoms with Gasteiger partial charge in [-0.05, 0) is 25.5 Å². The molecule has 1 aromatic carbocycles. The number of rotatable bonds is 7. The third kappa shape index (κ3) is 4.97. The number of carbonyl (C=O) groups excluding carboxylic acids is 1. The van der Waals surface area contributed by atoms with Crippen LogP contribution in [0.15, 0.2) is 18.2 Å². The summed E-state index contributed by atoms with van der Waals surface area (Å²) in [5.74, 6) is -0.466. The number of nitrogens with zero attached hydrogens (tertiary/aromatic N) is 2. The van der Waals surface area contributed by atoms with Gasteiger partial charge >= 0.3 is 0 Å². The topological polar surface area (TPSA) is 93.9 Å². The molecule has 1 aliphatic rings. The maximum Gasteiger partial charge on any atom is 0.282 e. The van der Waals surface area contributed by atoms with Gasteiger partial charge in [0.05, 0.1) is 24.7 Å². The van der Waals surface area contributed by atoms with Gasteiger partial charge in [-0.1, -0.05) is 6.07 Å². The Hall–Kier alpha value is -2.03. The number of hydrogen-bond donors (Lipinski definition) is 1. The zero-order valence-corrected chi connectivity index (χ0v) is 14.9. The summed E-state index contributed by atoms with van der Waals surface area (Å²) >= 11 is 0. The van der Waals surface area contributed by atoms with Crippen LogP contribution in [0, 0.1) is 10.1 Å². The fraction of sp³-hybridized carbons (Fsp3) is 0.588. The minimum Gasteiger partial charge on any atom is -0.383 e. The first-order valence-corrected chi connectivity index (χ1v) is 8.22. The molecule has 1 N–H and O–H groups in total. The molecule has 0 spiro atoms. The van der Waals surface area contributed by atoms with E-state index in [1.165, 1.54) is 13.2 Å². The molecule has 0 atom stereocenters. The second-order valence-corrected chi connectivity index (χ2v) is 6.64. The van der Waals surface area contributed by atoms with E-state index in [-0.39, 0.29) is 16.8 Å². The van der Waals surface area contributed by atoms with Crippen molar-refractivity contribution in [2.24, 2.45) is 0 Å². The molecule has 8 nitrogen and oxygen atoms in total. The van der Waals surface area contributed by atoms with E-state index < -0.39 is 10.8 Å². The number of amides is 1. The van der Waals surface area contributed by atoms with Crippen molar-refractivity contribution in [3.63, 3.8) is 0 Å². The van der Waals surface area contributed by atoms with Crippen LogP contribution >= 0.6 is 0 Å². The molecular weight excluding hydrogens is 326 g/mol. The van der Waals surface area contributed by atoms with E-state index in [1.807, 2.05) is 0 Å². The molecule has 1 amide bonds. The molecular formula is C17H25N3O5. The number of methoxy groups -OCH3 is 1. The van der Waals surface area contributed by atoms with Gasteiger partial charge in [0, 0.05) is 38.3 Å². The summed E-state index contributed by atoms with van der Waals surface area (Å²) in [7, 11) is 1.53. The lowest BCUT2D eigenvalue weighted by molar-refractivity contribution is -0.385. The monoisotopic (exact) mass is 351 g/mol. The molecule has 1 aromatic rings. The lowest BCUT2D eigenvalue weighted by Gasteiger charge is -2.42. The SMILES string of the molecule is COCCNC(=O)c1cc(CN2CCOCC2(C)C)ccc1[N+](=O)[O-]. The Bertz CT molecular complexity index is 633. The van der Waals surface area contributed by atoms with Gasteiger partial charge in [-0.15, -0.1) is 0 Å². The van der Waals surface area contributed by atoms with Crippen molar-refractivity contribution < 1.29 is 19.2 Å². The molecule has 138 valence electrons. The van der Waals surface area contributed by atoms with E-state index in [9.17, 15) is 14.9 Å². The van der Waals surface area contributed by atoms with Gasteiger partial charge in [-0.3, -0.25) is 19.8 Å². The van der Waals surface area contributed by atoms with Crippen LogP contribution in [0.3, 0.4) is 0 Å². The molecule has 0 radical (unpaired) electrons. The Morgan fingerprint density at radius 1 is 1.48 bits per heavy atom. The second-order valence-electron chi connectivity index (χ2n) is 6.64. The summed E-state index contributed by atoms with van der Waals surface area (Å²) in [4.78, 5) is 25.3. The molecule has 0 aromatic heterocycles. The Kier molecular flexibility index (Phi) is 6.46. The van der Waals surface area contributed by atoms with E-state index in [0.717, 1.165) is 12.1 Å². The van der Waals surface area contributed by atoms with Crippen molar-refractivity contribution in [1.29, 1.82) is 0 Å². The van der Waals surface area contributed by atoms with Gasteiger partial charge in [0.25, 0.3) is 11.6 Å². The van der Waals surface area contributed by atoms with Gasteiger partial charge < -0.3 is 14.8 Å². The predicted molar refractivity (Wildman–Crippen MR) is 92.6 cm³/mol. The van der Waals surface area contributed by atoms with Crippen molar-refractivity contribution in [2.45, 2.75) is 25.9 Å². The maximum absolute atomic E-state index is 12.3. The van der Waals surface area contributed by atoms with Gasteiger partial charge in [-0.25, -0.2) is 0 Å². The summed E-state index contributed by atoms with van der Waals surface area (Å²) < 4.78 is 10.4. The Balaban J connectivity index is 2.21. The van der Waals surface area contributed by atoms with Crippen molar-refractivity contribution in [2.75, 3.05) is 40.0 Å². The second kappa shape index (κ2) is 8.37. The van der Waals surface area contributed by atoms with Crippen LogP contribution in [0.5, 0.6) is 0 Å². The predicted octanol–water partition coefficient (Wildman–Crippen LogP) is 1.58. The van der Waals surface area contributed by atoms with Crippen molar-refractivity contribution in [3.05, 3.63) is 39.4 Å². The smallest absolute Gasteiger partial charge is 0.282 e. The molecule has 0 saturated carbocycles. The molecule has 0 bridgehead atoms.